The monoisotopic (exact) mass is 308 g/mol. The second kappa shape index (κ2) is 5.61. The van der Waals surface area contributed by atoms with Crippen LogP contribution in [0.3, 0.4) is 0 Å². The molecule has 0 N–H and O–H groups in total. The summed E-state index contributed by atoms with van der Waals surface area (Å²) >= 11 is 5.08. The molecule has 0 aliphatic heterocycles. The fourth-order valence-corrected chi connectivity index (χ4v) is 3.28. The van der Waals surface area contributed by atoms with Crippen LogP contribution in [0.1, 0.15) is 27.7 Å². The van der Waals surface area contributed by atoms with Gasteiger partial charge in [-0.3, -0.25) is 4.79 Å². The van der Waals surface area contributed by atoms with Crippen LogP contribution in [0, 0.1) is 0 Å². The summed E-state index contributed by atoms with van der Waals surface area (Å²) < 4.78 is 1.03. The second-order valence-electron chi connectivity index (χ2n) is 3.80. The highest BCUT2D eigenvalue weighted by Gasteiger charge is 2.12. The van der Waals surface area contributed by atoms with Crippen molar-refractivity contribution in [2.24, 2.45) is 0 Å². The molecular formula is C14H13BrOS. The molecule has 1 aromatic carbocycles. The Hall–Kier alpha value is -0.930. The molecule has 1 aromatic heterocycles. The standard InChI is InChI=1S/C14H13BrOS/c1-2-10-5-3-4-6-11(10)13(16)9-14-12(15)7-8-17-14/h3-8H,2,9H2,1H3. The Balaban J connectivity index is 2.23. The van der Waals surface area contributed by atoms with Gasteiger partial charge >= 0.3 is 0 Å². The van der Waals surface area contributed by atoms with Crippen LogP contribution < -0.4 is 0 Å². The minimum atomic E-state index is 0.200. The number of ketones is 1. The van der Waals surface area contributed by atoms with Crippen molar-refractivity contribution in [2.75, 3.05) is 0 Å². The molecule has 0 aliphatic carbocycles. The molecule has 0 spiro atoms. The third-order valence-electron chi connectivity index (χ3n) is 2.71. The van der Waals surface area contributed by atoms with Crippen molar-refractivity contribution in [3.05, 3.63) is 56.2 Å². The van der Waals surface area contributed by atoms with E-state index in [4.69, 9.17) is 0 Å². The molecule has 3 heteroatoms. The predicted molar refractivity (Wildman–Crippen MR) is 75.9 cm³/mol. The van der Waals surface area contributed by atoms with E-state index in [1.54, 1.807) is 11.3 Å². The Morgan fingerprint density at radius 3 is 2.71 bits per heavy atom. The largest absolute Gasteiger partial charge is 0.294 e. The molecule has 2 aromatic rings. The van der Waals surface area contributed by atoms with Crippen molar-refractivity contribution in [1.82, 2.24) is 0 Å². The van der Waals surface area contributed by atoms with E-state index in [1.165, 1.54) is 0 Å². The van der Waals surface area contributed by atoms with Crippen LogP contribution in [0.25, 0.3) is 0 Å². The molecular weight excluding hydrogens is 296 g/mol. The van der Waals surface area contributed by atoms with Crippen LogP contribution in [0.5, 0.6) is 0 Å². The second-order valence-corrected chi connectivity index (χ2v) is 5.66. The number of thiophene rings is 1. The summed E-state index contributed by atoms with van der Waals surface area (Å²) in [5.41, 5.74) is 1.99. The van der Waals surface area contributed by atoms with Crippen molar-refractivity contribution >= 4 is 33.0 Å². The van der Waals surface area contributed by atoms with E-state index in [0.29, 0.717) is 6.42 Å². The maximum atomic E-state index is 12.2. The molecule has 2 rings (SSSR count). The number of carbonyl (C=O) groups is 1. The number of hydrogen-bond donors (Lipinski definition) is 0. The number of hydrogen-bond acceptors (Lipinski definition) is 2. The average molecular weight is 309 g/mol. The smallest absolute Gasteiger partial charge is 0.168 e. The Labute approximate surface area is 114 Å². The van der Waals surface area contributed by atoms with E-state index in [2.05, 4.69) is 22.9 Å². The molecule has 0 atom stereocenters. The van der Waals surface area contributed by atoms with Crippen LogP contribution in [0.15, 0.2) is 40.2 Å². The number of halogens is 1. The molecule has 0 bridgehead atoms. The number of Topliss-reactive ketones (excluding diaryl/α,β-unsaturated/α-hetero) is 1. The molecule has 0 unspecified atom stereocenters. The molecule has 88 valence electrons. The average Bonchev–Trinajstić information content (AvgIpc) is 2.75. The molecule has 0 radical (unpaired) electrons. The molecule has 0 aliphatic rings. The quantitative estimate of drug-likeness (QED) is 0.760. The first-order valence-electron chi connectivity index (χ1n) is 5.55. The van der Waals surface area contributed by atoms with E-state index in [0.717, 1.165) is 26.9 Å². The van der Waals surface area contributed by atoms with E-state index < -0.39 is 0 Å². The zero-order valence-electron chi connectivity index (χ0n) is 9.57. The Morgan fingerprint density at radius 2 is 2.06 bits per heavy atom. The van der Waals surface area contributed by atoms with Gasteiger partial charge in [-0.1, -0.05) is 31.2 Å². The number of rotatable bonds is 4. The van der Waals surface area contributed by atoms with Crippen molar-refractivity contribution < 1.29 is 4.79 Å². The normalized spacial score (nSPS) is 10.5. The van der Waals surface area contributed by atoms with Crippen LogP contribution in [-0.2, 0) is 12.8 Å². The van der Waals surface area contributed by atoms with Crippen LogP contribution in [0.4, 0.5) is 0 Å². The molecule has 1 nitrogen and oxygen atoms in total. The van der Waals surface area contributed by atoms with Gasteiger partial charge in [0.25, 0.3) is 0 Å². The van der Waals surface area contributed by atoms with Gasteiger partial charge in [0.05, 0.1) is 0 Å². The van der Waals surface area contributed by atoms with E-state index >= 15 is 0 Å². The van der Waals surface area contributed by atoms with E-state index in [-0.39, 0.29) is 5.78 Å². The van der Waals surface area contributed by atoms with Crippen LogP contribution in [0.2, 0.25) is 0 Å². The van der Waals surface area contributed by atoms with Gasteiger partial charge in [0.15, 0.2) is 5.78 Å². The lowest BCUT2D eigenvalue weighted by atomic mass is 9.99. The first kappa shape index (κ1) is 12.5. The zero-order chi connectivity index (χ0) is 12.3. The lowest BCUT2D eigenvalue weighted by Gasteiger charge is -2.05. The summed E-state index contributed by atoms with van der Waals surface area (Å²) in [5, 5.41) is 2.00. The number of aryl methyl sites for hydroxylation is 1. The SMILES string of the molecule is CCc1ccccc1C(=O)Cc1sccc1Br. The van der Waals surface area contributed by atoms with Gasteiger partial charge in [-0.2, -0.15) is 0 Å². The van der Waals surface area contributed by atoms with Crippen molar-refractivity contribution in [1.29, 1.82) is 0 Å². The first-order valence-corrected chi connectivity index (χ1v) is 7.22. The van der Waals surface area contributed by atoms with Gasteiger partial charge in [0.1, 0.15) is 0 Å². The Kier molecular flexibility index (Phi) is 4.13. The van der Waals surface area contributed by atoms with E-state index in [9.17, 15) is 4.79 Å². The Morgan fingerprint density at radius 1 is 1.29 bits per heavy atom. The summed E-state index contributed by atoms with van der Waals surface area (Å²) in [6.07, 6.45) is 1.38. The fourth-order valence-electron chi connectivity index (χ4n) is 1.79. The maximum absolute atomic E-state index is 12.2. The van der Waals surface area contributed by atoms with Crippen LogP contribution >= 0.6 is 27.3 Å². The van der Waals surface area contributed by atoms with Gasteiger partial charge in [-0.05, 0) is 39.4 Å². The van der Waals surface area contributed by atoms with Gasteiger partial charge in [0, 0.05) is 21.3 Å². The lowest BCUT2D eigenvalue weighted by Crippen LogP contribution is -2.06. The van der Waals surface area contributed by atoms with Crippen LogP contribution in [-0.4, -0.2) is 5.78 Å². The molecule has 17 heavy (non-hydrogen) atoms. The summed E-state index contributed by atoms with van der Waals surface area (Å²) in [6, 6.07) is 9.84. The summed E-state index contributed by atoms with van der Waals surface area (Å²) in [5.74, 6) is 0.200. The van der Waals surface area contributed by atoms with Crippen molar-refractivity contribution in [3.63, 3.8) is 0 Å². The molecule has 1 heterocycles. The molecule has 0 amide bonds. The Bertz CT molecular complexity index is 531. The highest BCUT2D eigenvalue weighted by molar-refractivity contribution is 9.10. The fraction of sp³-hybridized carbons (Fsp3) is 0.214. The molecule has 0 fully saturated rings. The minimum absolute atomic E-state index is 0.200. The molecule has 0 saturated heterocycles. The summed E-state index contributed by atoms with van der Waals surface area (Å²) in [4.78, 5) is 13.3. The van der Waals surface area contributed by atoms with E-state index in [1.807, 2.05) is 35.7 Å². The molecule has 0 saturated carbocycles. The summed E-state index contributed by atoms with van der Waals surface area (Å²) in [7, 11) is 0. The third kappa shape index (κ3) is 2.85. The number of carbonyl (C=O) groups excluding carboxylic acids is 1. The minimum Gasteiger partial charge on any atom is -0.294 e. The maximum Gasteiger partial charge on any atom is 0.168 e. The highest BCUT2D eigenvalue weighted by Crippen LogP contribution is 2.24. The van der Waals surface area contributed by atoms with Gasteiger partial charge in [-0.15, -0.1) is 11.3 Å². The van der Waals surface area contributed by atoms with Gasteiger partial charge < -0.3 is 0 Å². The lowest BCUT2D eigenvalue weighted by molar-refractivity contribution is 0.0993. The summed E-state index contributed by atoms with van der Waals surface area (Å²) in [6.45, 7) is 2.08. The third-order valence-corrected chi connectivity index (χ3v) is 4.64. The van der Waals surface area contributed by atoms with Crippen molar-refractivity contribution in [3.8, 4) is 0 Å². The highest BCUT2D eigenvalue weighted by atomic mass is 79.9. The van der Waals surface area contributed by atoms with Gasteiger partial charge in [0.2, 0.25) is 0 Å². The number of benzene rings is 1. The predicted octanol–water partition coefficient (Wildman–Crippen LogP) is 4.50. The topological polar surface area (TPSA) is 17.1 Å². The van der Waals surface area contributed by atoms with Crippen molar-refractivity contribution in [2.45, 2.75) is 19.8 Å². The first-order chi connectivity index (χ1) is 8.22. The zero-order valence-corrected chi connectivity index (χ0v) is 12.0. The van der Waals surface area contributed by atoms with Gasteiger partial charge in [-0.25, -0.2) is 0 Å².